The maximum Gasteiger partial charge on any atom is 0.242 e. The zero-order valence-electron chi connectivity index (χ0n) is 17.0. The maximum absolute atomic E-state index is 12.5. The second kappa shape index (κ2) is 11.8. The minimum atomic E-state index is -0.817. The van der Waals surface area contributed by atoms with Crippen LogP contribution in [0.15, 0.2) is 0 Å². The molecule has 0 spiro atoms. The van der Waals surface area contributed by atoms with E-state index < -0.39 is 23.9 Å². The van der Waals surface area contributed by atoms with E-state index in [0.29, 0.717) is 11.5 Å². The summed E-state index contributed by atoms with van der Waals surface area (Å²) in [6.07, 6.45) is 3.88. The van der Waals surface area contributed by atoms with Crippen molar-refractivity contribution in [2.45, 2.75) is 82.4 Å². The first-order chi connectivity index (χ1) is 13.2. The van der Waals surface area contributed by atoms with Crippen LogP contribution in [0, 0.1) is 0 Å². The number of likely N-dealkylation sites (tertiary alicyclic amines) is 1. The van der Waals surface area contributed by atoms with E-state index >= 15 is 0 Å². The molecule has 9 heteroatoms. The van der Waals surface area contributed by atoms with Gasteiger partial charge >= 0.3 is 0 Å². The number of hydrogen-bond donors (Lipinski definition) is 2. The molecule has 0 bridgehead atoms. The van der Waals surface area contributed by atoms with Crippen molar-refractivity contribution in [2.24, 2.45) is 0 Å². The lowest BCUT2D eigenvalue weighted by atomic mass is 10.2. The molecule has 158 valence electrons. The molecule has 0 radical (unpaired) electrons. The Hall–Kier alpha value is -1.90. The van der Waals surface area contributed by atoms with Crippen molar-refractivity contribution in [3.8, 4) is 0 Å². The molecule has 4 atom stereocenters. The minimum Gasteiger partial charge on any atom is -0.345 e. The fourth-order valence-corrected chi connectivity index (χ4v) is 4.16. The Kier molecular flexibility index (Phi) is 10.2. The third-order valence-electron chi connectivity index (χ3n) is 4.47. The average Bonchev–Trinajstić information content (AvgIpc) is 2.90. The van der Waals surface area contributed by atoms with Crippen LogP contribution in [0.25, 0.3) is 0 Å². The number of carbonyl (C=O) groups excluding carboxylic acids is 5. The Balaban J connectivity index is 2.45. The highest BCUT2D eigenvalue weighted by Gasteiger charge is 2.39. The third-order valence-corrected chi connectivity index (χ3v) is 5.87. The Morgan fingerprint density at radius 3 is 2.54 bits per heavy atom. The summed E-state index contributed by atoms with van der Waals surface area (Å²) in [7, 11) is 0. The van der Waals surface area contributed by atoms with Crippen molar-refractivity contribution in [1.82, 2.24) is 15.5 Å². The van der Waals surface area contributed by atoms with Crippen LogP contribution in [0.1, 0.15) is 59.8 Å². The summed E-state index contributed by atoms with van der Waals surface area (Å²) < 4.78 is 0. The number of thioether (sulfide) groups is 1. The van der Waals surface area contributed by atoms with Gasteiger partial charge in [0.1, 0.15) is 12.3 Å². The van der Waals surface area contributed by atoms with Gasteiger partial charge in [0.25, 0.3) is 0 Å². The number of nitrogens with zero attached hydrogens (tertiary/aromatic N) is 1. The monoisotopic (exact) mass is 413 g/mol. The first-order valence-corrected chi connectivity index (χ1v) is 10.7. The molecule has 1 rings (SSSR count). The Morgan fingerprint density at radius 2 is 1.93 bits per heavy atom. The molecular formula is C19H31N3O5S. The zero-order chi connectivity index (χ0) is 21.3. The van der Waals surface area contributed by atoms with Crippen LogP contribution in [-0.2, 0) is 24.0 Å². The predicted molar refractivity (Wildman–Crippen MR) is 108 cm³/mol. The van der Waals surface area contributed by atoms with E-state index in [1.54, 1.807) is 0 Å². The Labute approximate surface area is 170 Å². The molecule has 1 saturated heterocycles. The molecule has 4 amide bonds. The van der Waals surface area contributed by atoms with Gasteiger partial charge in [-0.2, -0.15) is 0 Å². The average molecular weight is 414 g/mol. The van der Waals surface area contributed by atoms with E-state index in [1.165, 1.54) is 25.6 Å². The topological polar surface area (TPSA) is 113 Å². The quantitative estimate of drug-likeness (QED) is 0.365. The SMILES string of the molecule is CCCCC(C)SC1CC(=O)N(CCC(=O)NC(C)C(=O)N[C@@H](C)C=O)C1=O. The van der Waals surface area contributed by atoms with Crippen molar-refractivity contribution in [3.63, 3.8) is 0 Å². The second-order valence-electron chi connectivity index (χ2n) is 7.14. The van der Waals surface area contributed by atoms with Gasteiger partial charge in [-0.25, -0.2) is 0 Å². The van der Waals surface area contributed by atoms with Gasteiger partial charge < -0.3 is 15.4 Å². The number of unbranched alkanes of at least 4 members (excludes halogenated alkanes) is 1. The number of aldehydes is 1. The van der Waals surface area contributed by atoms with Crippen LogP contribution in [0.2, 0.25) is 0 Å². The van der Waals surface area contributed by atoms with Crippen LogP contribution in [0.4, 0.5) is 0 Å². The molecule has 1 aliphatic heterocycles. The summed E-state index contributed by atoms with van der Waals surface area (Å²) in [4.78, 5) is 60.2. The standard InChI is InChI=1S/C19H31N3O5S/c1-5-6-7-13(3)28-15-10-17(25)22(19(15)27)9-8-16(24)21-14(4)18(26)20-12(2)11-23/h11-15H,5-10H2,1-4H3,(H,20,26)(H,21,24)/t12-,13?,14?,15?/m0/s1. The van der Waals surface area contributed by atoms with E-state index in [-0.39, 0.29) is 36.5 Å². The molecule has 0 aromatic heterocycles. The maximum atomic E-state index is 12.5. The summed E-state index contributed by atoms with van der Waals surface area (Å²) in [6.45, 7) is 7.21. The van der Waals surface area contributed by atoms with Crippen LogP contribution in [-0.4, -0.2) is 63.9 Å². The molecule has 28 heavy (non-hydrogen) atoms. The number of rotatable bonds is 12. The fourth-order valence-electron chi connectivity index (χ4n) is 2.81. The van der Waals surface area contributed by atoms with E-state index in [1.807, 2.05) is 0 Å². The van der Waals surface area contributed by atoms with Gasteiger partial charge in [0.15, 0.2) is 0 Å². The van der Waals surface area contributed by atoms with Crippen LogP contribution >= 0.6 is 11.8 Å². The smallest absolute Gasteiger partial charge is 0.242 e. The number of nitrogens with one attached hydrogen (secondary N) is 2. The van der Waals surface area contributed by atoms with Gasteiger partial charge in [-0.05, 0) is 20.3 Å². The first-order valence-electron chi connectivity index (χ1n) is 9.74. The lowest BCUT2D eigenvalue weighted by molar-refractivity contribution is -0.139. The summed E-state index contributed by atoms with van der Waals surface area (Å²) in [6, 6.07) is -1.46. The molecule has 8 nitrogen and oxygen atoms in total. The highest BCUT2D eigenvalue weighted by molar-refractivity contribution is 8.01. The summed E-state index contributed by atoms with van der Waals surface area (Å²) >= 11 is 1.53. The number of carbonyl (C=O) groups is 5. The van der Waals surface area contributed by atoms with E-state index in [2.05, 4.69) is 24.5 Å². The highest BCUT2D eigenvalue weighted by Crippen LogP contribution is 2.30. The van der Waals surface area contributed by atoms with Gasteiger partial charge in [-0.1, -0.05) is 26.7 Å². The van der Waals surface area contributed by atoms with E-state index in [0.717, 1.165) is 24.2 Å². The Morgan fingerprint density at radius 1 is 1.25 bits per heavy atom. The number of hydrogen-bond acceptors (Lipinski definition) is 6. The molecule has 3 unspecified atom stereocenters. The molecule has 0 saturated carbocycles. The molecule has 0 aromatic carbocycles. The van der Waals surface area contributed by atoms with Crippen molar-refractivity contribution in [1.29, 1.82) is 0 Å². The van der Waals surface area contributed by atoms with E-state index in [4.69, 9.17) is 0 Å². The molecule has 1 aliphatic rings. The van der Waals surface area contributed by atoms with Gasteiger partial charge in [-0.3, -0.25) is 24.1 Å². The molecule has 0 aromatic rings. The zero-order valence-corrected chi connectivity index (χ0v) is 17.8. The van der Waals surface area contributed by atoms with Gasteiger partial charge in [0.05, 0.1) is 11.3 Å². The fraction of sp³-hybridized carbons (Fsp3) is 0.737. The van der Waals surface area contributed by atoms with Crippen molar-refractivity contribution >= 4 is 41.7 Å². The molecule has 1 fully saturated rings. The molecule has 0 aliphatic carbocycles. The van der Waals surface area contributed by atoms with Crippen molar-refractivity contribution < 1.29 is 24.0 Å². The van der Waals surface area contributed by atoms with Gasteiger partial charge in [0.2, 0.25) is 23.6 Å². The molecular weight excluding hydrogens is 382 g/mol. The second-order valence-corrected chi connectivity index (χ2v) is 8.78. The number of imide groups is 1. The predicted octanol–water partition coefficient (Wildman–Crippen LogP) is 1.02. The third kappa shape index (κ3) is 7.61. The van der Waals surface area contributed by atoms with Gasteiger partial charge in [0, 0.05) is 24.6 Å². The normalized spacial score (nSPS) is 19.9. The summed E-state index contributed by atoms with van der Waals surface area (Å²) in [5, 5.41) is 4.88. The summed E-state index contributed by atoms with van der Waals surface area (Å²) in [5.41, 5.74) is 0. The number of amides is 4. The van der Waals surface area contributed by atoms with Crippen LogP contribution in [0.3, 0.4) is 0 Å². The minimum absolute atomic E-state index is 0.00296. The van der Waals surface area contributed by atoms with Crippen LogP contribution in [0.5, 0.6) is 0 Å². The Bertz CT molecular complexity index is 598. The first kappa shape index (κ1) is 24.1. The summed E-state index contributed by atoms with van der Waals surface area (Å²) in [5.74, 6) is -1.41. The highest BCUT2D eigenvalue weighted by atomic mass is 32.2. The molecule has 1 heterocycles. The van der Waals surface area contributed by atoms with Crippen molar-refractivity contribution in [2.75, 3.05) is 6.54 Å². The van der Waals surface area contributed by atoms with E-state index in [9.17, 15) is 24.0 Å². The largest absolute Gasteiger partial charge is 0.345 e. The lowest BCUT2D eigenvalue weighted by Gasteiger charge is -2.18. The lowest BCUT2D eigenvalue weighted by Crippen LogP contribution is -2.48. The molecule has 2 N–H and O–H groups in total. The van der Waals surface area contributed by atoms with Crippen molar-refractivity contribution in [3.05, 3.63) is 0 Å². The van der Waals surface area contributed by atoms with Gasteiger partial charge in [-0.15, -0.1) is 11.8 Å². The van der Waals surface area contributed by atoms with Crippen LogP contribution < -0.4 is 10.6 Å².